The molecule has 100 valence electrons. The topological polar surface area (TPSA) is 12.0 Å². The maximum Gasteiger partial charge on any atom is 0.0345 e. The Hall–Kier alpha value is -0.800. The third-order valence-corrected chi connectivity index (χ3v) is 4.44. The summed E-state index contributed by atoms with van der Waals surface area (Å²) in [5, 5.41) is 3.54. The van der Waals surface area contributed by atoms with Crippen LogP contribution in [0.3, 0.4) is 0 Å². The zero-order valence-corrected chi connectivity index (χ0v) is 14.3. The minimum atomic E-state index is 0.404. The van der Waals surface area contributed by atoms with E-state index >= 15 is 0 Å². The number of rotatable bonds is 4. The predicted octanol–water partition coefficient (Wildman–Crippen LogP) is 5.56. The van der Waals surface area contributed by atoms with Crippen molar-refractivity contribution < 1.29 is 0 Å². The summed E-state index contributed by atoms with van der Waals surface area (Å²) in [7, 11) is 0. The first-order chi connectivity index (χ1) is 9.04. The highest BCUT2D eigenvalue weighted by Gasteiger charge is 2.04. The monoisotopic (exact) mass is 381 g/mol. The Morgan fingerprint density at radius 3 is 2.37 bits per heavy atom. The lowest BCUT2D eigenvalue weighted by Gasteiger charge is -2.16. The van der Waals surface area contributed by atoms with Gasteiger partial charge >= 0.3 is 0 Å². The van der Waals surface area contributed by atoms with Crippen molar-refractivity contribution in [1.29, 1.82) is 0 Å². The van der Waals surface area contributed by atoms with Gasteiger partial charge < -0.3 is 5.32 Å². The zero-order valence-electron chi connectivity index (χ0n) is 11.1. The third kappa shape index (κ3) is 4.36. The molecule has 3 heteroatoms. The molecule has 0 aromatic heterocycles. The van der Waals surface area contributed by atoms with E-state index in [1.54, 1.807) is 0 Å². The van der Waals surface area contributed by atoms with E-state index in [1.807, 2.05) is 0 Å². The first-order valence-corrected chi connectivity index (χ1v) is 7.90. The van der Waals surface area contributed by atoms with Gasteiger partial charge in [-0.25, -0.2) is 0 Å². The fourth-order valence-electron chi connectivity index (χ4n) is 2.04. The highest BCUT2D eigenvalue weighted by atomic mass is 79.9. The quantitative estimate of drug-likeness (QED) is 0.729. The summed E-state index contributed by atoms with van der Waals surface area (Å²) in [6.07, 6.45) is 1.02. The van der Waals surface area contributed by atoms with E-state index in [9.17, 15) is 0 Å². The summed E-state index contributed by atoms with van der Waals surface area (Å²) in [6.45, 7) is 4.31. The van der Waals surface area contributed by atoms with Crippen molar-refractivity contribution in [3.8, 4) is 0 Å². The number of nitrogens with one attached hydrogen (secondary N) is 1. The first kappa shape index (κ1) is 14.6. The molecule has 1 N–H and O–H groups in total. The molecule has 1 nitrogen and oxygen atoms in total. The summed E-state index contributed by atoms with van der Waals surface area (Å²) in [6, 6.07) is 15.3. The lowest BCUT2D eigenvalue weighted by Crippen LogP contribution is -2.18. The Morgan fingerprint density at radius 2 is 1.74 bits per heavy atom. The van der Waals surface area contributed by atoms with Gasteiger partial charge in [0.2, 0.25) is 0 Å². The lowest BCUT2D eigenvalue weighted by atomic mass is 10.1. The van der Waals surface area contributed by atoms with E-state index in [0.29, 0.717) is 6.04 Å². The molecule has 0 heterocycles. The van der Waals surface area contributed by atoms with Crippen LogP contribution >= 0.6 is 31.9 Å². The molecule has 2 aromatic rings. The number of halogens is 2. The third-order valence-electron chi connectivity index (χ3n) is 3.03. The second-order valence-corrected chi connectivity index (χ2v) is 6.61. The Morgan fingerprint density at radius 1 is 1.05 bits per heavy atom. The van der Waals surface area contributed by atoms with Crippen molar-refractivity contribution in [2.45, 2.75) is 26.3 Å². The number of hydrogen-bond acceptors (Lipinski definition) is 1. The minimum absolute atomic E-state index is 0.404. The van der Waals surface area contributed by atoms with Crippen LogP contribution in [0.2, 0.25) is 0 Å². The molecule has 1 unspecified atom stereocenters. The molecule has 0 aliphatic carbocycles. The summed E-state index contributed by atoms with van der Waals surface area (Å²) in [4.78, 5) is 0. The zero-order chi connectivity index (χ0) is 13.8. The van der Waals surface area contributed by atoms with E-state index in [2.05, 4.69) is 93.5 Å². The van der Waals surface area contributed by atoms with Gasteiger partial charge in [0.25, 0.3) is 0 Å². The molecule has 2 aromatic carbocycles. The molecular weight excluding hydrogens is 366 g/mol. The van der Waals surface area contributed by atoms with Crippen molar-refractivity contribution >= 4 is 37.5 Å². The Labute approximate surface area is 131 Å². The number of benzene rings is 2. The van der Waals surface area contributed by atoms with Crippen LogP contribution in [0.4, 0.5) is 5.69 Å². The Kier molecular flexibility index (Phi) is 5.06. The highest BCUT2D eigenvalue weighted by molar-refractivity contribution is 9.10. The van der Waals surface area contributed by atoms with Crippen molar-refractivity contribution in [1.82, 2.24) is 0 Å². The molecule has 0 fully saturated rings. The van der Waals surface area contributed by atoms with Crippen molar-refractivity contribution in [2.24, 2.45) is 0 Å². The fraction of sp³-hybridized carbons (Fsp3) is 0.250. The summed E-state index contributed by atoms with van der Waals surface area (Å²) >= 11 is 6.98. The van der Waals surface area contributed by atoms with E-state index < -0.39 is 0 Å². The second-order valence-electron chi connectivity index (χ2n) is 4.84. The molecule has 1 atom stereocenters. The molecule has 0 aliphatic rings. The number of hydrogen-bond donors (Lipinski definition) is 1. The number of anilines is 1. The molecular formula is C16H17Br2N. The van der Waals surface area contributed by atoms with Gasteiger partial charge in [0.1, 0.15) is 0 Å². The maximum atomic E-state index is 3.54. The smallest absolute Gasteiger partial charge is 0.0345 e. The van der Waals surface area contributed by atoms with Gasteiger partial charge in [-0.05, 0) is 61.7 Å². The van der Waals surface area contributed by atoms with Crippen LogP contribution < -0.4 is 5.32 Å². The van der Waals surface area contributed by atoms with Crippen LogP contribution in [0.15, 0.2) is 51.4 Å². The maximum absolute atomic E-state index is 3.54. The predicted molar refractivity (Wildman–Crippen MR) is 89.8 cm³/mol. The van der Waals surface area contributed by atoms with Gasteiger partial charge in [-0.3, -0.25) is 0 Å². The molecule has 0 spiro atoms. The molecule has 19 heavy (non-hydrogen) atoms. The van der Waals surface area contributed by atoms with Crippen LogP contribution in [0, 0.1) is 6.92 Å². The van der Waals surface area contributed by atoms with Crippen LogP contribution in [0.25, 0.3) is 0 Å². The highest BCUT2D eigenvalue weighted by Crippen LogP contribution is 2.21. The molecule has 2 rings (SSSR count). The SMILES string of the molecule is Cc1cc(NC(C)Cc2ccc(Br)cc2)ccc1Br. The van der Waals surface area contributed by atoms with E-state index in [0.717, 1.165) is 15.4 Å². The Balaban J connectivity index is 1.98. The van der Waals surface area contributed by atoms with Crippen LogP contribution in [-0.4, -0.2) is 6.04 Å². The van der Waals surface area contributed by atoms with Crippen molar-refractivity contribution in [3.63, 3.8) is 0 Å². The molecule has 0 saturated carbocycles. The van der Waals surface area contributed by atoms with Gasteiger partial charge in [-0.1, -0.05) is 44.0 Å². The average molecular weight is 383 g/mol. The lowest BCUT2D eigenvalue weighted by molar-refractivity contribution is 0.790. The van der Waals surface area contributed by atoms with Gasteiger partial charge in [0.05, 0.1) is 0 Å². The number of aryl methyl sites for hydroxylation is 1. The fourth-order valence-corrected chi connectivity index (χ4v) is 2.56. The summed E-state index contributed by atoms with van der Waals surface area (Å²) < 4.78 is 2.28. The van der Waals surface area contributed by atoms with Gasteiger partial charge in [-0.15, -0.1) is 0 Å². The van der Waals surface area contributed by atoms with Gasteiger partial charge in [0, 0.05) is 20.7 Å². The van der Waals surface area contributed by atoms with Crippen molar-refractivity contribution in [3.05, 3.63) is 62.5 Å². The Bertz CT molecular complexity index is 549. The minimum Gasteiger partial charge on any atom is -0.382 e. The average Bonchev–Trinajstić information content (AvgIpc) is 2.37. The van der Waals surface area contributed by atoms with Gasteiger partial charge in [0.15, 0.2) is 0 Å². The standard InChI is InChI=1S/C16H17Br2N/c1-11-9-15(7-8-16(11)18)19-12(2)10-13-3-5-14(17)6-4-13/h3-9,12,19H,10H2,1-2H3. The second kappa shape index (κ2) is 6.58. The molecule has 0 radical (unpaired) electrons. The van der Waals surface area contributed by atoms with Crippen LogP contribution in [0.1, 0.15) is 18.1 Å². The molecule has 0 saturated heterocycles. The molecule has 0 aliphatic heterocycles. The van der Waals surface area contributed by atoms with Crippen LogP contribution in [0.5, 0.6) is 0 Å². The van der Waals surface area contributed by atoms with Gasteiger partial charge in [-0.2, -0.15) is 0 Å². The molecule has 0 bridgehead atoms. The van der Waals surface area contributed by atoms with Crippen molar-refractivity contribution in [2.75, 3.05) is 5.32 Å². The summed E-state index contributed by atoms with van der Waals surface area (Å²) in [5.41, 5.74) is 3.77. The van der Waals surface area contributed by atoms with E-state index in [1.165, 1.54) is 16.8 Å². The summed E-state index contributed by atoms with van der Waals surface area (Å²) in [5.74, 6) is 0. The van der Waals surface area contributed by atoms with E-state index in [4.69, 9.17) is 0 Å². The largest absolute Gasteiger partial charge is 0.382 e. The normalized spacial score (nSPS) is 12.2. The molecule has 0 amide bonds. The first-order valence-electron chi connectivity index (χ1n) is 6.32. The van der Waals surface area contributed by atoms with Crippen LogP contribution in [-0.2, 0) is 6.42 Å². The van der Waals surface area contributed by atoms with E-state index in [-0.39, 0.29) is 0 Å².